The molecule has 1 fully saturated rings. The Bertz CT molecular complexity index is 502. The lowest BCUT2D eigenvalue weighted by Gasteiger charge is -2.36. The van der Waals surface area contributed by atoms with Crippen molar-refractivity contribution in [2.24, 2.45) is 0 Å². The Morgan fingerprint density at radius 3 is 2.52 bits per heavy atom. The molecule has 1 heterocycles. The molecule has 1 aliphatic carbocycles. The number of nitrogens with zero attached hydrogens (tertiary/aromatic N) is 1. The standard InChI is InChI=1S/C15H25N3O2S/c1-9-13(21-10(2)17-9)8-16-11-6-12(7-11)18-14(19)20-15(3,4)5/h11-12,16H,6-8H2,1-5H3,(H,18,19). The summed E-state index contributed by atoms with van der Waals surface area (Å²) in [7, 11) is 0. The fourth-order valence-electron chi connectivity index (χ4n) is 2.35. The van der Waals surface area contributed by atoms with Gasteiger partial charge in [-0.2, -0.15) is 0 Å². The van der Waals surface area contributed by atoms with E-state index in [0.717, 1.165) is 30.1 Å². The number of carbonyl (C=O) groups excluding carboxylic acids is 1. The molecule has 1 amide bonds. The summed E-state index contributed by atoms with van der Waals surface area (Å²) in [4.78, 5) is 17.4. The Morgan fingerprint density at radius 2 is 2.00 bits per heavy atom. The van der Waals surface area contributed by atoms with Crippen LogP contribution in [-0.2, 0) is 11.3 Å². The molecule has 0 spiro atoms. The highest BCUT2D eigenvalue weighted by Crippen LogP contribution is 2.23. The molecule has 1 saturated carbocycles. The van der Waals surface area contributed by atoms with Crippen molar-refractivity contribution >= 4 is 17.4 Å². The first-order chi connectivity index (χ1) is 9.73. The number of amides is 1. The molecule has 1 aliphatic rings. The van der Waals surface area contributed by atoms with Crippen LogP contribution in [0.5, 0.6) is 0 Å². The third kappa shape index (κ3) is 4.97. The van der Waals surface area contributed by atoms with Gasteiger partial charge in [-0.1, -0.05) is 0 Å². The van der Waals surface area contributed by atoms with Crippen LogP contribution in [0.4, 0.5) is 4.79 Å². The van der Waals surface area contributed by atoms with Gasteiger partial charge in [0.05, 0.1) is 10.7 Å². The zero-order valence-electron chi connectivity index (χ0n) is 13.4. The van der Waals surface area contributed by atoms with E-state index in [-0.39, 0.29) is 12.1 Å². The van der Waals surface area contributed by atoms with Gasteiger partial charge in [0.2, 0.25) is 0 Å². The number of ether oxygens (including phenoxy) is 1. The number of aromatic nitrogens is 1. The molecule has 0 aliphatic heterocycles. The first-order valence-corrected chi connectivity index (χ1v) is 8.20. The number of hydrogen-bond donors (Lipinski definition) is 2. The molecular formula is C15H25N3O2S. The summed E-state index contributed by atoms with van der Waals surface area (Å²) in [5, 5.41) is 7.54. The lowest BCUT2D eigenvalue weighted by Crippen LogP contribution is -2.52. The summed E-state index contributed by atoms with van der Waals surface area (Å²) in [6, 6.07) is 0.688. The van der Waals surface area contributed by atoms with Crippen molar-refractivity contribution in [3.63, 3.8) is 0 Å². The summed E-state index contributed by atoms with van der Waals surface area (Å²) in [5.74, 6) is 0. The second kappa shape index (κ2) is 6.32. The van der Waals surface area contributed by atoms with Gasteiger partial charge < -0.3 is 15.4 Å². The minimum atomic E-state index is -0.437. The van der Waals surface area contributed by atoms with Crippen LogP contribution in [0.15, 0.2) is 0 Å². The third-order valence-electron chi connectivity index (χ3n) is 3.41. The Labute approximate surface area is 130 Å². The third-order valence-corrected chi connectivity index (χ3v) is 4.48. The Morgan fingerprint density at radius 1 is 1.33 bits per heavy atom. The van der Waals surface area contributed by atoms with Crippen molar-refractivity contribution in [2.45, 2.75) is 71.7 Å². The highest BCUT2D eigenvalue weighted by Gasteiger charge is 2.31. The van der Waals surface area contributed by atoms with Crippen molar-refractivity contribution in [1.82, 2.24) is 15.6 Å². The van der Waals surface area contributed by atoms with Crippen molar-refractivity contribution in [3.05, 3.63) is 15.6 Å². The van der Waals surface area contributed by atoms with Gasteiger partial charge in [-0.25, -0.2) is 9.78 Å². The molecule has 2 rings (SSSR count). The molecule has 0 radical (unpaired) electrons. The summed E-state index contributed by atoms with van der Waals surface area (Å²) in [6.07, 6.45) is 1.59. The molecule has 1 aromatic heterocycles. The molecule has 1 aromatic rings. The molecule has 0 unspecified atom stereocenters. The SMILES string of the molecule is Cc1nc(C)c(CNC2CC(NC(=O)OC(C)(C)C)C2)s1. The zero-order valence-corrected chi connectivity index (χ0v) is 14.3. The summed E-state index contributed by atoms with van der Waals surface area (Å²) >= 11 is 1.75. The van der Waals surface area contributed by atoms with Crippen molar-refractivity contribution in [2.75, 3.05) is 0 Å². The van der Waals surface area contributed by atoms with Crippen LogP contribution in [0.2, 0.25) is 0 Å². The van der Waals surface area contributed by atoms with Gasteiger partial charge in [-0.3, -0.25) is 0 Å². The first-order valence-electron chi connectivity index (χ1n) is 7.39. The normalized spacial score (nSPS) is 21.8. The minimum absolute atomic E-state index is 0.224. The van der Waals surface area contributed by atoms with E-state index in [2.05, 4.69) is 15.6 Å². The van der Waals surface area contributed by atoms with Gasteiger partial charge in [0.1, 0.15) is 5.60 Å². The van der Waals surface area contributed by atoms with Gasteiger partial charge in [-0.05, 0) is 47.5 Å². The molecule has 0 saturated heterocycles. The molecule has 0 atom stereocenters. The van der Waals surface area contributed by atoms with Crippen LogP contribution in [0, 0.1) is 13.8 Å². The van der Waals surface area contributed by atoms with Crippen molar-refractivity contribution in [3.8, 4) is 0 Å². The number of nitrogens with one attached hydrogen (secondary N) is 2. The highest BCUT2D eigenvalue weighted by molar-refractivity contribution is 7.11. The van der Waals surface area contributed by atoms with Gasteiger partial charge >= 0.3 is 6.09 Å². The van der Waals surface area contributed by atoms with Crippen molar-refractivity contribution < 1.29 is 9.53 Å². The van der Waals surface area contributed by atoms with Crippen LogP contribution in [0.1, 0.15) is 49.2 Å². The Balaban J connectivity index is 1.65. The molecule has 0 bridgehead atoms. The molecule has 6 heteroatoms. The van der Waals surface area contributed by atoms with Gasteiger partial charge in [0, 0.05) is 23.5 Å². The van der Waals surface area contributed by atoms with Crippen LogP contribution < -0.4 is 10.6 Å². The van der Waals surface area contributed by atoms with E-state index in [0.29, 0.717) is 6.04 Å². The average molecular weight is 311 g/mol. The summed E-state index contributed by atoms with van der Waals surface area (Å²) < 4.78 is 5.25. The topological polar surface area (TPSA) is 63.2 Å². The van der Waals surface area contributed by atoms with E-state index in [4.69, 9.17) is 4.74 Å². The zero-order chi connectivity index (χ0) is 15.6. The van der Waals surface area contributed by atoms with Crippen LogP contribution in [0.3, 0.4) is 0 Å². The minimum Gasteiger partial charge on any atom is -0.444 e. The molecule has 0 aromatic carbocycles. The maximum Gasteiger partial charge on any atom is 0.407 e. The van der Waals surface area contributed by atoms with Gasteiger partial charge in [0.15, 0.2) is 0 Å². The molecule has 118 valence electrons. The van der Waals surface area contributed by atoms with Gasteiger partial charge in [0.25, 0.3) is 0 Å². The fraction of sp³-hybridized carbons (Fsp3) is 0.733. The smallest absolute Gasteiger partial charge is 0.407 e. The first kappa shape index (κ1) is 16.2. The molecular weight excluding hydrogens is 286 g/mol. The van der Waals surface area contributed by atoms with Crippen LogP contribution in [-0.4, -0.2) is 28.8 Å². The largest absolute Gasteiger partial charge is 0.444 e. The predicted octanol–water partition coefficient (Wildman–Crippen LogP) is 2.91. The number of hydrogen-bond acceptors (Lipinski definition) is 5. The number of thiazole rings is 1. The van der Waals surface area contributed by atoms with Crippen LogP contribution >= 0.6 is 11.3 Å². The molecule has 21 heavy (non-hydrogen) atoms. The second-order valence-corrected chi connectivity index (χ2v) is 7.92. The van der Waals surface area contributed by atoms with Gasteiger partial charge in [-0.15, -0.1) is 11.3 Å². The number of carbonyl (C=O) groups is 1. The maximum atomic E-state index is 11.6. The summed E-state index contributed by atoms with van der Waals surface area (Å²) in [5.41, 5.74) is 0.681. The van der Waals surface area contributed by atoms with E-state index in [1.165, 1.54) is 4.88 Å². The quantitative estimate of drug-likeness (QED) is 0.897. The van der Waals surface area contributed by atoms with Crippen molar-refractivity contribution in [1.29, 1.82) is 0 Å². The van der Waals surface area contributed by atoms with E-state index in [9.17, 15) is 4.79 Å². The maximum absolute atomic E-state index is 11.6. The number of alkyl carbamates (subject to hydrolysis) is 1. The van der Waals surface area contributed by atoms with E-state index in [1.807, 2.05) is 34.6 Å². The highest BCUT2D eigenvalue weighted by atomic mass is 32.1. The number of aryl methyl sites for hydroxylation is 2. The number of rotatable bonds is 4. The fourth-order valence-corrected chi connectivity index (χ4v) is 3.24. The average Bonchev–Trinajstić information content (AvgIpc) is 2.58. The van der Waals surface area contributed by atoms with Crippen LogP contribution in [0.25, 0.3) is 0 Å². The molecule has 2 N–H and O–H groups in total. The van der Waals surface area contributed by atoms with E-state index >= 15 is 0 Å². The second-order valence-electron chi connectivity index (χ2n) is 6.63. The van der Waals surface area contributed by atoms with E-state index < -0.39 is 5.60 Å². The predicted molar refractivity (Wildman–Crippen MR) is 84.6 cm³/mol. The lowest BCUT2D eigenvalue weighted by atomic mass is 9.87. The Kier molecular flexibility index (Phi) is 4.88. The monoisotopic (exact) mass is 311 g/mol. The van der Waals surface area contributed by atoms with E-state index in [1.54, 1.807) is 11.3 Å². The summed E-state index contributed by atoms with van der Waals surface area (Å²) in [6.45, 7) is 10.6. The molecule has 5 nitrogen and oxygen atoms in total. The Hall–Kier alpha value is -1.14. The lowest BCUT2D eigenvalue weighted by molar-refractivity contribution is 0.0465.